The number of rotatable bonds is 3. The standard InChI is InChI=1S/C7H11ClN4/c1-5(9)2-11-7-6(8)3-10-4-12-7/h3-5H,2,9H2,1H3,(H,10,11,12). The van der Waals surface area contributed by atoms with E-state index >= 15 is 0 Å². The molecule has 1 aromatic rings. The van der Waals surface area contributed by atoms with E-state index in [2.05, 4.69) is 15.3 Å². The van der Waals surface area contributed by atoms with Crippen molar-refractivity contribution in [3.8, 4) is 0 Å². The van der Waals surface area contributed by atoms with Crippen molar-refractivity contribution in [3.63, 3.8) is 0 Å². The van der Waals surface area contributed by atoms with Gasteiger partial charge >= 0.3 is 0 Å². The maximum atomic E-state index is 5.78. The van der Waals surface area contributed by atoms with E-state index in [4.69, 9.17) is 17.3 Å². The Labute approximate surface area is 76.2 Å². The molecule has 0 radical (unpaired) electrons. The highest BCUT2D eigenvalue weighted by Gasteiger charge is 2.00. The first kappa shape index (κ1) is 9.22. The van der Waals surface area contributed by atoms with Gasteiger partial charge in [-0.2, -0.15) is 0 Å². The molecule has 1 unspecified atom stereocenters. The zero-order chi connectivity index (χ0) is 8.97. The highest BCUT2D eigenvalue weighted by atomic mass is 35.5. The number of nitrogens with one attached hydrogen (secondary N) is 1. The van der Waals surface area contributed by atoms with E-state index in [1.165, 1.54) is 12.5 Å². The molecule has 1 heterocycles. The van der Waals surface area contributed by atoms with Crippen LogP contribution in [0.1, 0.15) is 6.92 Å². The maximum Gasteiger partial charge on any atom is 0.148 e. The first-order valence-electron chi connectivity index (χ1n) is 3.65. The number of nitrogens with two attached hydrogens (primary N) is 1. The summed E-state index contributed by atoms with van der Waals surface area (Å²) in [6.07, 6.45) is 2.98. The van der Waals surface area contributed by atoms with Crippen molar-refractivity contribution in [2.24, 2.45) is 5.73 Å². The van der Waals surface area contributed by atoms with Crippen LogP contribution in [-0.4, -0.2) is 22.6 Å². The van der Waals surface area contributed by atoms with Gasteiger partial charge in [0.15, 0.2) is 0 Å². The van der Waals surface area contributed by atoms with E-state index in [-0.39, 0.29) is 6.04 Å². The molecule has 0 aromatic carbocycles. The number of anilines is 1. The lowest BCUT2D eigenvalue weighted by Gasteiger charge is -2.08. The third kappa shape index (κ3) is 2.64. The van der Waals surface area contributed by atoms with Crippen LogP contribution < -0.4 is 11.1 Å². The Hall–Kier alpha value is -0.870. The van der Waals surface area contributed by atoms with Gasteiger partial charge in [-0.3, -0.25) is 0 Å². The fraction of sp³-hybridized carbons (Fsp3) is 0.429. The Bertz CT molecular complexity index is 251. The van der Waals surface area contributed by atoms with Gasteiger partial charge in [0, 0.05) is 12.6 Å². The van der Waals surface area contributed by atoms with E-state index < -0.39 is 0 Å². The Morgan fingerprint density at radius 1 is 1.75 bits per heavy atom. The molecule has 0 aliphatic heterocycles. The average molecular weight is 187 g/mol. The molecule has 4 nitrogen and oxygen atoms in total. The summed E-state index contributed by atoms with van der Waals surface area (Å²) < 4.78 is 0. The van der Waals surface area contributed by atoms with Crippen LogP contribution in [0.5, 0.6) is 0 Å². The lowest BCUT2D eigenvalue weighted by Crippen LogP contribution is -2.25. The molecule has 0 aliphatic carbocycles. The van der Waals surface area contributed by atoms with Gasteiger partial charge < -0.3 is 11.1 Å². The molecule has 1 atom stereocenters. The highest BCUT2D eigenvalue weighted by Crippen LogP contribution is 2.15. The van der Waals surface area contributed by atoms with Gasteiger partial charge in [0.2, 0.25) is 0 Å². The summed E-state index contributed by atoms with van der Waals surface area (Å²) in [5.41, 5.74) is 5.54. The average Bonchev–Trinajstić information content (AvgIpc) is 2.03. The van der Waals surface area contributed by atoms with E-state index in [0.29, 0.717) is 17.4 Å². The fourth-order valence-corrected chi connectivity index (χ4v) is 0.872. The fourth-order valence-electron chi connectivity index (χ4n) is 0.700. The third-order valence-electron chi connectivity index (χ3n) is 1.26. The normalized spacial score (nSPS) is 12.6. The van der Waals surface area contributed by atoms with Crippen LogP contribution in [0.3, 0.4) is 0 Å². The number of hydrogen-bond acceptors (Lipinski definition) is 4. The molecular formula is C7H11ClN4. The minimum Gasteiger partial charge on any atom is -0.367 e. The molecule has 0 bridgehead atoms. The molecule has 66 valence electrons. The van der Waals surface area contributed by atoms with Gasteiger partial charge in [-0.1, -0.05) is 11.6 Å². The molecule has 0 aliphatic rings. The van der Waals surface area contributed by atoms with Crippen LogP contribution in [0.25, 0.3) is 0 Å². The quantitative estimate of drug-likeness (QED) is 0.736. The van der Waals surface area contributed by atoms with Gasteiger partial charge in [-0.05, 0) is 6.92 Å². The summed E-state index contributed by atoms with van der Waals surface area (Å²) in [7, 11) is 0. The smallest absolute Gasteiger partial charge is 0.148 e. The summed E-state index contributed by atoms with van der Waals surface area (Å²) in [5, 5.41) is 3.52. The van der Waals surface area contributed by atoms with Gasteiger partial charge in [-0.15, -0.1) is 0 Å². The monoisotopic (exact) mass is 186 g/mol. The highest BCUT2D eigenvalue weighted by molar-refractivity contribution is 6.32. The van der Waals surface area contributed by atoms with Crippen LogP contribution in [0.15, 0.2) is 12.5 Å². The van der Waals surface area contributed by atoms with Crippen molar-refractivity contribution < 1.29 is 0 Å². The minimum absolute atomic E-state index is 0.0797. The molecule has 5 heteroatoms. The predicted molar refractivity (Wildman–Crippen MR) is 49.2 cm³/mol. The second-order valence-electron chi connectivity index (χ2n) is 2.58. The van der Waals surface area contributed by atoms with Gasteiger partial charge in [0.1, 0.15) is 17.2 Å². The van der Waals surface area contributed by atoms with E-state index in [1.807, 2.05) is 6.92 Å². The predicted octanol–water partition coefficient (Wildman–Crippen LogP) is 0.889. The van der Waals surface area contributed by atoms with Crippen LogP contribution in [0, 0.1) is 0 Å². The molecule has 0 amide bonds. The van der Waals surface area contributed by atoms with E-state index in [1.54, 1.807) is 0 Å². The second kappa shape index (κ2) is 4.23. The Morgan fingerprint density at radius 3 is 3.08 bits per heavy atom. The number of halogens is 1. The van der Waals surface area contributed by atoms with Crippen molar-refractivity contribution in [2.45, 2.75) is 13.0 Å². The van der Waals surface area contributed by atoms with Crippen LogP contribution in [0.2, 0.25) is 5.02 Å². The third-order valence-corrected chi connectivity index (χ3v) is 1.54. The van der Waals surface area contributed by atoms with Crippen molar-refractivity contribution in [1.82, 2.24) is 9.97 Å². The summed E-state index contributed by atoms with van der Waals surface area (Å²) in [6, 6.07) is 0.0797. The molecule has 0 saturated heterocycles. The van der Waals surface area contributed by atoms with Crippen molar-refractivity contribution in [2.75, 3.05) is 11.9 Å². The number of hydrogen-bond donors (Lipinski definition) is 2. The summed E-state index contributed by atoms with van der Waals surface area (Å²) in [6.45, 7) is 2.55. The maximum absolute atomic E-state index is 5.78. The zero-order valence-electron chi connectivity index (χ0n) is 6.79. The Kier molecular flexibility index (Phi) is 3.25. The molecule has 0 spiro atoms. The van der Waals surface area contributed by atoms with E-state index in [9.17, 15) is 0 Å². The molecule has 0 fully saturated rings. The van der Waals surface area contributed by atoms with Gasteiger partial charge in [0.05, 0.1) is 6.20 Å². The van der Waals surface area contributed by atoms with E-state index in [0.717, 1.165) is 0 Å². The molecular weight excluding hydrogens is 176 g/mol. The SMILES string of the molecule is CC(N)CNc1ncncc1Cl. The molecule has 1 rings (SSSR count). The molecule has 0 saturated carbocycles. The van der Waals surface area contributed by atoms with Crippen molar-refractivity contribution in [1.29, 1.82) is 0 Å². The first-order valence-corrected chi connectivity index (χ1v) is 4.03. The van der Waals surface area contributed by atoms with Gasteiger partial charge in [0.25, 0.3) is 0 Å². The second-order valence-corrected chi connectivity index (χ2v) is 2.98. The largest absolute Gasteiger partial charge is 0.367 e. The lowest BCUT2D eigenvalue weighted by atomic mass is 10.3. The Balaban J connectivity index is 2.57. The summed E-state index contributed by atoms with van der Waals surface area (Å²) in [4.78, 5) is 7.70. The molecule has 12 heavy (non-hydrogen) atoms. The Morgan fingerprint density at radius 2 is 2.50 bits per heavy atom. The first-order chi connectivity index (χ1) is 5.70. The minimum atomic E-state index is 0.0797. The van der Waals surface area contributed by atoms with Gasteiger partial charge in [-0.25, -0.2) is 9.97 Å². The summed E-state index contributed by atoms with van der Waals surface area (Å²) >= 11 is 5.78. The van der Waals surface area contributed by atoms with Crippen LogP contribution in [0.4, 0.5) is 5.82 Å². The zero-order valence-corrected chi connectivity index (χ0v) is 7.54. The van der Waals surface area contributed by atoms with Crippen LogP contribution in [-0.2, 0) is 0 Å². The summed E-state index contributed by atoms with van der Waals surface area (Å²) in [5.74, 6) is 0.629. The lowest BCUT2D eigenvalue weighted by molar-refractivity contribution is 0.777. The number of nitrogens with zero attached hydrogens (tertiary/aromatic N) is 2. The van der Waals surface area contributed by atoms with Crippen molar-refractivity contribution in [3.05, 3.63) is 17.5 Å². The van der Waals surface area contributed by atoms with Crippen LogP contribution >= 0.6 is 11.6 Å². The number of aromatic nitrogens is 2. The van der Waals surface area contributed by atoms with Crippen molar-refractivity contribution >= 4 is 17.4 Å². The molecule has 1 aromatic heterocycles. The topological polar surface area (TPSA) is 63.8 Å². The molecule has 3 N–H and O–H groups in total.